The van der Waals surface area contributed by atoms with Crippen molar-refractivity contribution in [1.29, 1.82) is 0 Å². The van der Waals surface area contributed by atoms with Crippen molar-refractivity contribution in [1.82, 2.24) is 10.6 Å². The molecule has 0 aliphatic rings. The van der Waals surface area contributed by atoms with Crippen molar-refractivity contribution in [3.63, 3.8) is 0 Å². The molecule has 0 fully saturated rings. The van der Waals surface area contributed by atoms with Gasteiger partial charge in [-0.25, -0.2) is 4.79 Å². The molecule has 0 aliphatic heterocycles. The van der Waals surface area contributed by atoms with Crippen molar-refractivity contribution in [3.05, 3.63) is 59.7 Å². The fraction of sp³-hybridized carbons (Fsp3) is 0.587. The maximum Gasteiger partial charge on any atom is 0.326 e. The number of aryl methyl sites for hydroxylation is 1. The molecule has 0 unspecified atom stereocenters. The van der Waals surface area contributed by atoms with Gasteiger partial charge < -0.3 is 20.5 Å². The standard InChI is InChI=1S/C46H66N2O8/c1-6-10-13-18-41(46(55)56)48-44(53)34(9-4)31-43(52)40(29-20-32(5)49)47-45(54)38(16-12-8-3)30-39(50)17-14-19-42(51)37-27-25-36(26-28-37)35-23-21-33(22-24-35)15-11-7-2/h21-28,34,38,40-41H,6-20,29-31H2,1-5H3,(H,47,54)(H,48,53)(H,55,56)/t34-,38-,40+,41+/m1/s1. The number of benzene rings is 2. The topological polar surface area (TPSA) is 164 Å². The van der Waals surface area contributed by atoms with Crippen LogP contribution in [0.3, 0.4) is 0 Å². The van der Waals surface area contributed by atoms with E-state index in [1.807, 2.05) is 38.1 Å². The average Bonchev–Trinajstić information content (AvgIpc) is 3.18. The first-order chi connectivity index (χ1) is 26.8. The number of ketones is 4. The minimum absolute atomic E-state index is 0.0336. The summed E-state index contributed by atoms with van der Waals surface area (Å²) in [6, 6.07) is 13.9. The Morgan fingerprint density at radius 1 is 0.589 bits per heavy atom. The molecule has 2 amide bonds. The monoisotopic (exact) mass is 774 g/mol. The lowest BCUT2D eigenvalue weighted by molar-refractivity contribution is -0.143. The third-order valence-corrected chi connectivity index (χ3v) is 10.4. The number of carboxylic acids is 1. The molecule has 0 aliphatic carbocycles. The molecule has 3 N–H and O–H groups in total. The molecule has 308 valence electrons. The van der Waals surface area contributed by atoms with Gasteiger partial charge in [-0.05, 0) is 68.6 Å². The van der Waals surface area contributed by atoms with E-state index < -0.39 is 47.5 Å². The van der Waals surface area contributed by atoms with E-state index >= 15 is 0 Å². The van der Waals surface area contributed by atoms with Crippen molar-refractivity contribution in [2.75, 3.05) is 0 Å². The predicted octanol–water partition coefficient (Wildman–Crippen LogP) is 8.80. The Hall–Kier alpha value is -4.47. The molecule has 0 radical (unpaired) electrons. The van der Waals surface area contributed by atoms with Crippen molar-refractivity contribution in [3.8, 4) is 11.1 Å². The molecular weight excluding hydrogens is 709 g/mol. The van der Waals surface area contributed by atoms with Crippen LogP contribution in [-0.2, 0) is 35.2 Å². The van der Waals surface area contributed by atoms with E-state index in [9.17, 15) is 38.7 Å². The van der Waals surface area contributed by atoms with Crippen LogP contribution in [0.1, 0.15) is 160 Å². The molecular formula is C46H66N2O8. The molecule has 10 nitrogen and oxygen atoms in total. The fourth-order valence-corrected chi connectivity index (χ4v) is 6.74. The number of carboxylic acid groups (broad SMARTS) is 1. The van der Waals surface area contributed by atoms with Gasteiger partial charge in [0.2, 0.25) is 11.8 Å². The van der Waals surface area contributed by atoms with Gasteiger partial charge in [0, 0.05) is 49.5 Å². The second-order valence-corrected chi connectivity index (χ2v) is 15.2. The molecule has 10 heteroatoms. The van der Waals surface area contributed by atoms with Crippen LogP contribution < -0.4 is 10.6 Å². The van der Waals surface area contributed by atoms with Crippen LogP contribution in [0, 0.1) is 11.8 Å². The first-order valence-corrected chi connectivity index (χ1v) is 20.9. The van der Waals surface area contributed by atoms with E-state index in [4.69, 9.17) is 0 Å². The van der Waals surface area contributed by atoms with Crippen molar-refractivity contribution in [2.24, 2.45) is 11.8 Å². The molecule has 0 spiro atoms. The Bertz CT molecular complexity index is 1570. The van der Waals surface area contributed by atoms with Gasteiger partial charge in [-0.15, -0.1) is 0 Å². The minimum Gasteiger partial charge on any atom is -0.480 e. The smallest absolute Gasteiger partial charge is 0.326 e. The van der Waals surface area contributed by atoms with Crippen LogP contribution >= 0.6 is 0 Å². The molecule has 2 aromatic rings. The number of hydrogen-bond donors (Lipinski definition) is 3. The first kappa shape index (κ1) is 47.7. The second-order valence-electron chi connectivity index (χ2n) is 15.2. The number of rotatable bonds is 30. The summed E-state index contributed by atoms with van der Waals surface area (Å²) < 4.78 is 0. The Morgan fingerprint density at radius 2 is 1.18 bits per heavy atom. The summed E-state index contributed by atoms with van der Waals surface area (Å²) in [5, 5.41) is 15.0. The van der Waals surface area contributed by atoms with Gasteiger partial charge in [-0.3, -0.25) is 24.0 Å². The van der Waals surface area contributed by atoms with Gasteiger partial charge in [0.15, 0.2) is 11.6 Å². The molecule has 56 heavy (non-hydrogen) atoms. The van der Waals surface area contributed by atoms with Crippen LogP contribution in [-0.4, -0.2) is 58.1 Å². The number of nitrogens with one attached hydrogen (secondary N) is 2. The molecule has 0 bridgehead atoms. The lowest BCUT2D eigenvalue weighted by Gasteiger charge is -2.24. The number of carbonyl (C=O) groups is 7. The highest BCUT2D eigenvalue weighted by molar-refractivity contribution is 5.97. The van der Waals surface area contributed by atoms with E-state index in [2.05, 4.69) is 41.8 Å². The lowest BCUT2D eigenvalue weighted by Crippen LogP contribution is -2.47. The van der Waals surface area contributed by atoms with Crippen molar-refractivity contribution < 1.29 is 38.7 Å². The zero-order valence-corrected chi connectivity index (χ0v) is 34.5. The third-order valence-electron chi connectivity index (χ3n) is 10.4. The predicted molar refractivity (Wildman–Crippen MR) is 220 cm³/mol. The van der Waals surface area contributed by atoms with E-state index in [0.29, 0.717) is 31.2 Å². The molecule has 0 saturated heterocycles. The summed E-state index contributed by atoms with van der Waals surface area (Å²) in [5.74, 6) is -4.41. The molecule has 0 saturated carbocycles. The van der Waals surface area contributed by atoms with Gasteiger partial charge in [0.25, 0.3) is 0 Å². The minimum atomic E-state index is -1.13. The number of hydrogen-bond acceptors (Lipinski definition) is 7. The van der Waals surface area contributed by atoms with Crippen molar-refractivity contribution in [2.45, 2.75) is 162 Å². The molecule has 2 aromatic carbocycles. The van der Waals surface area contributed by atoms with Gasteiger partial charge in [-0.2, -0.15) is 0 Å². The van der Waals surface area contributed by atoms with Crippen LogP contribution in [0.15, 0.2) is 48.5 Å². The van der Waals surface area contributed by atoms with Crippen LogP contribution in [0.2, 0.25) is 0 Å². The summed E-state index contributed by atoms with van der Waals surface area (Å²) in [4.78, 5) is 90.1. The quantitative estimate of drug-likeness (QED) is 0.0524. The number of unbranched alkanes of at least 4 members (excludes halogenated alkanes) is 4. The van der Waals surface area contributed by atoms with Crippen LogP contribution in [0.25, 0.3) is 11.1 Å². The van der Waals surface area contributed by atoms with E-state index in [1.54, 1.807) is 6.92 Å². The van der Waals surface area contributed by atoms with Gasteiger partial charge in [0.05, 0.1) is 6.04 Å². The summed E-state index contributed by atoms with van der Waals surface area (Å²) in [6.07, 6.45) is 8.76. The molecule has 2 rings (SSSR count). The number of aliphatic carboxylic acids is 1. The lowest BCUT2D eigenvalue weighted by atomic mass is 9.90. The maximum atomic E-state index is 13.6. The van der Waals surface area contributed by atoms with Gasteiger partial charge in [0.1, 0.15) is 17.6 Å². The number of Topliss-reactive ketones (excluding diaryl/α,β-unsaturated/α-hetero) is 4. The van der Waals surface area contributed by atoms with Gasteiger partial charge >= 0.3 is 5.97 Å². The Balaban J connectivity index is 2.01. The normalized spacial score (nSPS) is 13.2. The zero-order chi connectivity index (χ0) is 41.5. The van der Waals surface area contributed by atoms with E-state index in [-0.39, 0.29) is 68.7 Å². The Labute approximate surface area is 334 Å². The fourth-order valence-electron chi connectivity index (χ4n) is 6.74. The van der Waals surface area contributed by atoms with E-state index in [0.717, 1.165) is 49.7 Å². The first-order valence-electron chi connectivity index (χ1n) is 20.9. The summed E-state index contributed by atoms with van der Waals surface area (Å²) in [7, 11) is 0. The highest BCUT2D eigenvalue weighted by Gasteiger charge is 2.31. The largest absolute Gasteiger partial charge is 0.480 e. The Morgan fingerprint density at radius 3 is 1.75 bits per heavy atom. The second kappa shape index (κ2) is 26.4. The number of carbonyl (C=O) groups excluding carboxylic acids is 6. The molecule has 0 aromatic heterocycles. The van der Waals surface area contributed by atoms with Crippen LogP contribution in [0.4, 0.5) is 0 Å². The maximum absolute atomic E-state index is 13.6. The average molecular weight is 775 g/mol. The highest BCUT2D eigenvalue weighted by Crippen LogP contribution is 2.23. The van der Waals surface area contributed by atoms with Crippen LogP contribution in [0.5, 0.6) is 0 Å². The van der Waals surface area contributed by atoms with E-state index in [1.165, 1.54) is 12.5 Å². The van der Waals surface area contributed by atoms with Crippen molar-refractivity contribution >= 4 is 40.9 Å². The summed E-state index contributed by atoms with van der Waals surface area (Å²) in [6.45, 7) is 9.29. The number of amides is 2. The molecule has 0 heterocycles. The Kier molecular flexibility index (Phi) is 22.5. The summed E-state index contributed by atoms with van der Waals surface area (Å²) in [5.41, 5.74) is 4.00. The SMILES string of the molecule is CCCCC[C@H](NC(=O)[C@H](CC)CC(=O)[C@H](CCC(C)=O)NC(=O)[C@H](CCCC)CC(=O)CCCC(=O)c1ccc(-c2ccc(CCCC)cc2)cc1)C(=O)O. The summed E-state index contributed by atoms with van der Waals surface area (Å²) >= 11 is 0. The highest BCUT2D eigenvalue weighted by atomic mass is 16.4. The third kappa shape index (κ3) is 17.5. The zero-order valence-electron chi connectivity index (χ0n) is 34.5. The molecule has 4 atom stereocenters. The van der Waals surface area contributed by atoms with Gasteiger partial charge in [-0.1, -0.05) is 115 Å².